The van der Waals surface area contributed by atoms with Gasteiger partial charge in [0.1, 0.15) is 0 Å². The molecule has 1 saturated heterocycles. The van der Waals surface area contributed by atoms with Crippen LogP contribution < -0.4 is 5.56 Å². The summed E-state index contributed by atoms with van der Waals surface area (Å²) in [6.07, 6.45) is 0.885. The molecule has 144 valence electrons. The molecule has 1 aliphatic heterocycles. The molecule has 2 heterocycles. The molecule has 2 unspecified atom stereocenters. The third-order valence-electron chi connectivity index (χ3n) is 5.54. The van der Waals surface area contributed by atoms with E-state index >= 15 is 0 Å². The van der Waals surface area contributed by atoms with Crippen molar-refractivity contribution in [3.8, 4) is 0 Å². The number of hydrogen-bond acceptors (Lipinski definition) is 3. The zero-order chi connectivity index (χ0) is 19.8. The average Bonchev–Trinajstić information content (AvgIpc) is 3.07. The fourth-order valence-electron chi connectivity index (χ4n) is 4.02. The Morgan fingerprint density at radius 3 is 2.63 bits per heavy atom. The molecule has 0 saturated carbocycles. The fourth-order valence-corrected chi connectivity index (χ4v) is 4.02. The number of aromatic nitrogens is 1. The molecule has 1 amide bonds. The summed E-state index contributed by atoms with van der Waals surface area (Å²) in [5, 5.41) is 10.8. The molecule has 1 fully saturated rings. The summed E-state index contributed by atoms with van der Waals surface area (Å²) < 4.78 is 1.45. The maximum Gasteiger partial charge on any atom is 0.256 e. The van der Waals surface area contributed by atoms with E-state index in [0.29, 0.717) is 13.1 Å². The molecule has 1 aliphatic rings. The van der Waals surface area contributed by atoms with Gasteiger partial charge in [-0.3, -0.25) is 9.59 Å². The Bertz CT molecular complexity index is 914. The largest absolute Gasteiger partial charge is 0.378 e. The Morgan fingerprint density at radius 1 is 1.22 bits per heavy atom. The number of aliphatic hydroxyl groups is 1. The van der Waals surface area contributed by atoms with E-state index < -0.39 is 5.60 Å². The van der Waals surface area contributed by atoms with Gasteiger partial charge >= 0.3 is 0 Å². The highest BCUT2D eigenvalue weighted by Gasteiger charge is 2.39. The summed E-state index contributed by atoms with van der Waals surface area (Å²) in [6.45, 7) is 8.66. The quantitative estimate of drug-likeness (QED) is 0.902. The van der Waals surface area contributed by atoms with Gasteiger partial charge in [0, 0.05) is 30.8 Å². The minimum absolute atomic E-state index is 0.0396. The lowest BCUT2D eigenvalue weighted by atomic mass is 9.93. The molecule has 2 atom stereocenters. The van der Waals surface area contributed by atoms with Crippen LogP contribution in [0.1, 0.15) is 41.6 Å². The first-order valence-electron chi connectivity index (χ1n) is 9.44. The van der Waals surface area contributed by atoms with Gasteiger partial charge in [-0.25, -0.2) is 0 Å². The number of benzene rings is 1. The number of carbonyl (C=O) groups is 1. The van der Waals surface area contributed by atoms with Gasteiger partial charge in [0.2, 0.25) is 0 Å². The lowest BCUT2D eigenvalue weighted by Crippen LogP contribution is -2.50. The number of pyridine rings is 1. The molecule has 1 N–H and O–H groups in total. The van der Waals surface area contributed by atoms with Gasteiger partial charge in [0.25, 0.3) is 11.5 Å². The topological polar surface area (TPSA) is 62.5 Å². The van der Waals surface area contributed by atoms with Crippen LogP contribution in [0.2, 0.25) is 0 Å². The van der Waals surface area contributed by atoms with Crippen molar-refractivity contribution in [1.29, 1.82) is 0 Å². The highest BCUT2D eigenvalue weighted by Crippen LogP contribution is 2.31. The molecule has 0 aliphatic carbocycles. The molecule has 1 aromatic carbocycles. The number of aryl methyl sites for hydroxylation is 3. The highest BCUT2D eigenvalue weighted by atomic mass is 16.3. The molecule has 3 rings (SSSR count). The summed E-state index contributed by atoms with van der Waals surface area (Å²) in [5.41, 5.74) is 2.64. The molecule has 0 radical (unpaired) electrons. The van der Waals surface area contributed by atoms with Crippen molar-refractivity contribution in [2.45, 2.75) is 52.2 Å². The molecule has 5 nitrogen and oxygen atoms in total. The molecule has 1 aromatic heterocycles. The molecule has 5 heteroatoms. The maximum absolute atomic E-state index is 13.0. The van der Waals surface area contributed by atoms with Gasteiger partial charge in [-0.05, 0) is 51.3 Å². The van der Waals surface area contributed by atoms with Crippen LogP contribution in [0.3, 0.4) is 0 Å². The standard InChI is InChI=1S/C22H28N2O3/c1-15-8-9-19(16(2)12-15)18-10-11-23(13-18)21(26)22(4,27)14-24-17(3)6-5-7-20(24)25/h5-9,12,18,27H,10-11,13-14H2,1-4H3. The van der Waals surface area contributed by atoms with E-state index in [2.05, 4.69) is 32.0 Å². The number of nitrogens with zero attached hydrogens (tertiary/aromatic N) is 2. The summed E-state index contributed by atoms with van der Waals surface area (Å²) in [7, 11) is 0. The van der Waals surface area contributed by atoms with Crippen LogP contribution in [0.5, 0.6) is 0 Å². The van der Waals surface area contributed by atoms with Gasteiger partial charge in [-0.1, -0.05) is 29.8 Å². The van der Waals surface area contributed by atoms with E-state index in [0.717, 1.165) is 12.1 Å². The summed E-state index contributed by atoms with van der Waals surface area (Å²) in [4.78, 5) is 26.8. The Hall–Kier alpha value is -2.40. The van der Waals surface area contributed by atoms with E-state index in [1.54, 1.807) is 24.0 Å². The first-order valence-corrected chi connectivity index (χ1v) is 9.44. The second-order valence-corrected chi connectivity index (χ2v) is 7.96. The van der Waals surface area contributed by atoms with Gasteiger partial charge < -0.3 is 14.6 Å². The zero-order valence-corrected chi connectivity index (χ0v) is 16.5. The van der Waals surface area contributed by atoms with Crippen molar-refractivity contribution in [2.75, 3.05) is 13.1 Å². The Morgan fingerprint density at radius 2 is 1.96 bits per heavy atom. The van der Waals surface area contributed by atoms with Crippen LogP contribution in [0.15, 0.2) is 41.2 Å². The molecule has 27 heavy (non-hydrogen) atoms. The van der Waals surface area contributed by atoms with Crippen LogP contribution in [0.4, 0.5) is 0 Å². The van der Waals surface area contributed by atoms with Crippen molar-refractivity contribution in [2.24, 2.45) is 0 Å². The van der Waals surface area contributed by atoms with Crippen LogP contribution in [0, 0.1) is 20.8 Å². The average molecular weight is 368 g/mol. The third-order valence-corrected chi connectivity index (χ3v) is 5.54. The molecular formula is C22H28N2O3. The minimum atomic E-state index is -1.62. The van der Waals surface area contributed by atoms with E-state index in [1.807, 2.05) is 0 Å². The fraction of sp³-hybridized carbons (Fsp3) is 0.455. The summed E-state index contributed by atoms with van der Waals surface area (Å²) in [5.74, 6) is -0.0311. The van der Waals surface area contributed by atoms with Crippen LogP contribution in [-0.2, 0) is 11.3 Å². The Labute approximate surface area is 160 Å². The van der Waals surface area contributed by atoms with Gasteiger partial charge in [-0.2, -0.15) is 0 Å². The second kappa shape index (κ2) is 7.31. The van der Waals surface area contributed by atoms with E-state index in [-0.39, 0.29) is 23.9 Å². The maximum atomic E-state index is 13.0. The lowest BCUT2D eigenvalue weighted by molar-refractivity contribution is -0.149. The predicted octanol–water partition coefficient (Wildman–Crippen LogP) is 2.54. The summed E-state index contributed by atoms with van der Waals surface area (Å²) in [6, 6.07) is 11.3. The van der Waals surface area contributed by atoms with Gasteiger partial charge in [0.05, 0.1) is 6.54 Å². The predicted molar refractivity (Wildman–Crippen MR) is 106 cm³/mol. The van der Waals surface area contributed by atoms with Crippen LogP contribution in [-0.4, -0.2) is 39.2 Å². The number of carbonyl (C=O) groups excluding carboxylic acids is 1. The van der Waals surface area contributed by atoms with Crippen LogP contribution >= 0.6 is 0 Å². The molecule has 2 aromatic rings. The van der Waals surface area contributed by atoms with E-state index in [4.69, 9.17) is 0 Å². The van der Waals surface area contributed by atoms with E-state index in [9.17, 15) is 14.7 Å². The van der Waals surface area contributed by atoms with Crippen molar-refractivity contribution in [3.63, 3.8) is 0 Å². The molecule has 0 spiro atoms. The van der Waals surface area contributed by atoms with Gasteiger partial charge in [0.15, 0.2) is 5.60 Å². The van der Waals surface area contributed by atoms with Crippen molar-refractivity contribution in [1.82, 2.24) is 9.47 Å². The zero-order valence-electron chi connectivity index (χ0n) is 16.5. The number of amides is 1. The first kappa shape index (κ1) is 19.4. The normalized spacial score (nSPS) is 19.1. The smallest absolute Gasteiger partial charge is 0.256 e. The summed E-state index contributed by atoms with van der Waals surface area (Å²) >= 11 is 0. The third kappa shape index (κ3) is 3.98. The number of hydrogen-bond donors (Lipinski definition) is 1. The van der Waals surface area contributed by atoms with Crippen molar-refractivity contribution in [3.05, 3.63) is 69.1 Å². The highest BCUT2D eigenvalue weighted by molar-refractivity contribution is 5.84. The Balaban J connectivity index is 1.75. The van der Waals surface area contributed by atoms with Crippen molar-refractivity contribution < 1.29 is 9.90 Å². The van der Waals surface area contributed by atoms with Crippen LogP contribution in [0.25, 0.3) is 0 Å². The minimum Gasteiger partial charge on any atom is -0.378 e. The molecular weight excluding hydrogens is 340 g/mol. The molecule has 0 bridgehead atoms. The van der Waals surface area contributed by atoms with Crippen molar-refractivity contribution >= 4 is 5.91 Å². The van der Waals surface area contributed by atoms with Gasteiger partial charge in [-0.15, -0.1) is 0 Å². The number of rotatable bonds is 4. The monoisotopic (exact) mass is 368 g/mol. The Kier molecular flexibility index (Phi) is 5.24. The number of likely N-dealkylation sites (tertiary alicyclic amines) is 1. The van der Waals surface area contributed by atoms with E-state index in [1.165, 1.54) is 34.2 Å². The first-order chi connectivity index (χ1) is 12.7. The lowest BCUT2D eigenvalue weighted by Gasteiger charge is -2.29. The second-order valence-electron chi connectivity index (χ2n) is 7.96. The SMILES string of the molecule is Cc1ccc(C2CCN(C(=O)C(C)(O)Cn3c(C)cccc3=O)C2)c(C)c1.